The third-order valence-corrected chi connectivity index (χ3v) is 24.7. The Morgan fingerprint density at radius 1 is 0.537 bits per heavy atom. The first kappa shape index (κ1) is 97.5. The number of halogens is 3. The van der Waals surface area contributed by atoms with Crippen molar-refractivity contribution in [1.29, 1.82) is 5.26 Å². The van der Waals surface area contributed by atoms with Gasteiger partial charge in [0.2, 0.25) is 23.5 Å². The van der Waals surface area contributed by atoms with E-state index in [4.69, 9.17) is 110 Å². The van der Waals surface area contributed by atoms with Crippen LogP contribution in [0.3, 0.4) is 0 Å². The van der Waals surface area contributed by atoms with Crippen molar-refractivity contribution in [3.8, 4) is 41.0 Å². The van der Waals surface area contributed by atoms with Crippen molar-refractivity contribution < 1.29 is 61.4 Å². The third kappa shape index (κ3) is 27.2. The van der Waals surface area contributed by atoms with Gasteiger partial charge in [-0.3, -0.25) is 35.5 Å². The average Bonchev–Trinajstić information content (AvgIpc) is 1.65. The topological polar surface area (TPSA) is 419 Å². The number of nitrogens with one attached hydrogen (secondary N) is 4. The number of nitrogens with zero attached hydrogens (tertiary/aromatic N) is 13. The molecule has 706 valence electrons. The van der Waals surface area contributed by atoms with Crippen molar-refractivity contribution in [2.24, 2.45) is 17.5 Å². The Morgan fingerprint density at radius 3 is 1.42 bits per heavy atom. The number of aromatic nitrogens is 12. The monoisotopic (exact) mass is 1870 g/mol. The molecule has 13 heterocycles. The molecule has 11 aromatic rings. The summed E-state index contributed by atoms with van der Waals surface area (Å²) in [6.07, 6.45) is 30.9. The van der Waals surface area contributed by atoms with E-state index in [-0.39, 0.29) is 28.3 Å². The van der Waals surface area contributed by atoms with Crippen LogP contribution in [-0.4, -0.2) is 155 Å². The fourth-order valence-corrected chi connectivity index (χ4v) is 17.7. The van der Waals surface area contributed by atoms with Crippen LogP contribution in [0, 0.1) is 29.6 Å². The molecule has 1 atom stereocenters. The smallest absolute Gasteiger partial charge is 0.316 e. The fourth-order valence-electron chi connectivity index (χ4n) is 17.4. The van der Waals surface area contributed by atoms with E-state index in [1.165, 1.54) is 46.0 Å². The summed E-state index contributed by atoms with van der Waals surface area (Å²) in [7, 11) is 0. The number of pyridine rings is 4. The Bertz CT molecular complexity index is 5860. The van der Waals surface area contributed by atoms with Gasteiger partial charge in [0.05, 0.1) is 66.1 Å². The minimum absolute atomic E-state index is 0.0449. The summed E-state index contributed by atoms with van der Waals surface area (Å²) in [6.45, 7) is 17.2. The van der Waals surface area contributed by atoms with Gasteiger partial charge in [-0.2, -0.15) is 20.6 Å². The highest BCUT2D eigenvalue weighted by Crippen LogP contribution is 2.43. The number of fused-ring (bicyclic) bond motifs is 4. The number of aromatic amines is 1. The molecule has 1 saturated carbocycles. The summed E-state index contributed by atoms with van der Waals surface area (Å²) in [5, 5.41) is 33.3. The minimum Gasteiger partial charge on any atom is -0.465 e. The molecule has 0 spiro atoms. The van der Waals surface area contributed by atoms with Crippen LogP contribution in [0.2, 0.25) is 10.3 Å². The molecule has 10 aliphatic rings. The number of nitrogen functional groups attached to an aromatic ring is 1. The number of H-pyrrole nitrogens is 1. The molecule has 1 amide bonds. The van der Waals surface area contributed by atoms with E-state index in [0.29, 0.717) is 100 Å². The number of Topliss-reactive ketones (excluding diaryl/α,β-unsaturated/α-hetero) is 1. The van der Waals surface area contributed by atoms with Crippen molar-refractivity contribution in [2.45, 2.75) is 198 Å². The number of nitrogens with two attached hydrogens (primary N) is 3. The van der Waals surface area contributed by atoms with Gasteiger partial charge < -0.3 is 64.7 Å². The highest BCUT2D eigenvalue weighted by atomic mass is 35.5. The van der Waals surface area contributed by atoms with E-state index in [2.05, 4.69) is 60.0 Å². The van der Waals surface area contributed by atoms with E-state index in [1.807, 2.05) is 59.3 Å². The number of primary amides is 1. The molecule has 36 heteroatoms. The molecule has 1 unspecified atom stereocenters. The molecule has 8 aromatic heterocycles. The predicted octanol–water partition coefficient (Wildman–Crippen LogP) is 17.1. The van der Waals surface area contributed by atoms with Gasteiger partial charge >= 0.3 is 5.97 Å². The highest BCUT2D eigenvalue weighted by molar-refractivity contribution is 6.29. The number of anilines is 5. The van der Waals surface area contributed by atoms with Crippen LogP contribution >= 0.6 is 23.2 Å². The Balaban J connectivity index is 0.000000129. The molecule has 0 bridgehead atoms. The molecule has 5 aliphatic carbocycles. The van der Waals surface area contributed by atoms with Gasteiger partial charge in [0.25, 0.3) is 5.56 Å². The minimum atomic E-state index is -0.469. The van der Waals surface area contributed by atoms with Crippen LogP contribution in [-0.2, 0) is 89.4 Å². The maximum Gasteiger partial charge on any atom is 0.316 e. The summed E-state index contributed by atoms with van der Waals surface area (Å²) in [4.78, 5) is 65.3. The van der Waals surface area contributed by atoms with Crippen molar-refractivity contribution in [1.82, 2.24) is 64.5 Å². The number of benzene rings is 3. The number of ketones is 1. The summed E-state index contributed by atoms with van der Waals surface area (Å²) >= 11 is 11.3. The predicted molar refractivity (Wildman–Crippen MR) is 503 cm³/mol. The number of ether oxygens (including phenoxy) is 9. The Labute approximate surface area is 787 Å². The van der Waals surface area contributed by atoms with Crippen LogP contribution in [0.25, 0.3) is 4.85 Å². The normalized spacial score (nSPS) is 17.3. The lowest BCUT2D eigenvalue weighted by molar-refractivity contribution is -0.150. The van der Waals surface area contributed by atoms with Gasteiger partial charge in [0.15, 0.2) is 5.69 Å². The number of rotatable bonds is 18. The van der Waals surface area contributed by atoms with Crippen molar-refractivity contribution >= 4 is 75.2 Å². The van der Waals surface area contributed by atoms with Crippen LogP contribution in [0.1, 0.15) is 201 Å². The first-order valence-electron chi connectivity index (χ1n) is 46.1. The second kappa shape index (κ2) is 49.5. The van der Waals surface area contributed by atoms with Gasteiger partial charge in [-0.1, -0.05) is 47.5 Å². The number of aryl methyl sites for hydroxylation is 4. The number of carbonyl (C=O) groups excluding carboxylic acids is 3. The van der Waals surface area contributed by atoms with E-state index >= 15 is 0 Å². The lowest BCUT2D eigenvalue weighted by atomic mass is 10.1. The van der Waals surface area contributed by atoms with Crippen LogP contribution < -0.4 is 53.1 Å². The number of esters is 1. The van der Waals surface area contributed by atoms with Gasteiger partial charge in [0.1, 0.15) is 56.7 Å². The van der Waals surface area contributed by atoms with E-state index in [9.17, 15) is 23.6 Å². The van der Waals surface area contributed by atoms with Gasteiger partial charge in [-0.05, 0) is 234 Å². The van der Waals surface area contributed by atoms with Crippen molar-refractivity contribution in [2.75, 3.05) is 89.0 Å². The maximum absolute atomic E-state index is 12.1. The standard InChI is InChI=1S/C23H25N5O3.C23H23N5O2.C16H18ClN3O2.C11H16N2O2.C8H12O3.C7H6N2.C5H3ClFN.C5H12N2O/c24-22(29)15-3-1-4-16(13-15)26-21-14-18(7-10-25-21)31-23-19-5-2-6-20(19)27-28(23)17-8-11-30-12-9-17;1-24-16-4-2-5-17(14-16)26-22-15-19(8-11-25-22)30-23-20-6-3-7-21(20)27-28(23)18-9-12-29-13-10-18;17-15-10-12(4-7-18-15)22-16-13-2-1-3-14(13)19-20(16)11-5-8-21-9-6-11;14-11-9-2-1-3-10(9)12-13(11)8-4-6-15-7-5-8;1-2-11-8(10)6-4-3-5-7(6)9;8-5-6-2-1-3-7(9)4-6;6-5-3-4(7)1-2-8-5;6-7-5-1-3-8-4-2-5/h1,3-4,7,10,13-14,17H,2,5-6,8-9,11-12H2,(H2,24,29)(H,25,26);2,4-5,8,11,14-15,18H,3,6-7,9-10,12-13H2,(H,25,26);4,7,10-11H,1-3,5-6,8-9H2;8,12H,1-7H2;6H,2-5H2,1H3;1-4H,9H2;1-3H;5,7H,1-4,6H2. The van der Waals surface area contributed by atoms with Crippen molar-refractivity contribution in [3.05, 3.63) is 240 Å². The Hall–Kier alpha value is -12.5. The summed E-state index contributed by atoms with van der Waals surface area (Å²) < 4.78 is 70.7. The largest absolute Gasteiger partial charge is 0.465 e. The lowest BCUT2D eigenvalue weighted by Gasteiger charge is -2.24. The quantitative estimate of drug-likeness (QED) is 0.00798. The van der Waals surface area contributed by atoms with E-state index in [1.54, 1.807) is 86.2 Å². The zero-order valence-electron chi connectivity index (χ0n) is 75.3. The summed E-state index contributed by atoms with van der Waals surface area (Å²) in [6, 6.07) is 38.4. The molecular weight excluding hydrogens is 1760 g/mol. The number of hydrogen-bond acceptors (Lipinski definition) is 26. The average molecular weight is 1870 g/mol. The molecule has 10 N–H and O–H groups in total. The molecule has 0 radical (unpaired) electrons. The molecule has 134 heavy (non-hydrogen) atoms. The maximum atomic E-state index is 12.1. The Kier molecular flexibility index (Phi) is 36.0. The number of carbonyl (C=O) groups is 3. The Morgan fingerprint density at radius 2 is 0.993 bits per heavy atom. The van der Waals surface area contributed by atoms with Crippen molar-refractivity contribution in [3.63, 3.8) is 0 Å². The number of nitriles is 1. The van der Waals surface area contributed by atoms with Gasteiger partial charge in [-0.25, -0.2) is 47.9 Å². The second-order valence-electron chi connectivity index (χ2n) is 33.5. The number of hydrogen-bond donors (Lipinski definition) is 7. The molecule has 6 fully saturated rings. The molecule has 5 aliphatic heterocycles. The van der Waals surface area contributed by atoms with Gasteiger partial charge in [0, 0.05) is 178 Å². The zero-order valence-corrected chi connectivity index (χ0v) is 76.8. The van der Waals surface area contributed by atoms with Gasteiger partial charge in [-0.15, -0.1) is 0 Å². The van der Waals surface area contributed by atoms with E-state index in [0.717, 1.165) is 266 Å². The zero-order chi connectivity index (χ0) is 93.5. The fraction of sp³-hybridized carbons (Fsp3) is 0.439. The molecule has 5 saturated heterocycles. The molecule has 33 nitrogen and oxygen atoms in total. The third-order valence-electron chi connectivity index (χ3n) is 24.3. The molecular formula is C98H115Cl2FN20O13. The summed E-state index contributed by atoms with van der Waals surface area (Å²) in [5.41, 5.74) is 26.9. The highest BCUT2D eigenvalue weighted by Gasteiger charge is 2.35. The summed E-state index contributed by atoms with van der Waals surface area (Å²) in [5.74, 6) is 9.61. The second-order valence-corrected chi connectivity index (χ2v) is 34.3. The number of amides is 1. The number of hydrazine groups is 1. The SMILES string of the molecule is CCOC(=O)C1CCCC1=O.Clc1cc(Oc2c3c(nn2C2CCOCC2)CCC3)ccn1.Fc1ccnc(Cl)c1.N#Cc1cccc(N)c1.NC(=O)c1cccc(Nc2cc(Oc3c4c(nn3C3CCOCC3)CCC4)ccn2)c1.NNC1CCOCC1.O=c1c2c([nH]n1C1CCOCC1)CCC2.[C-]#[N+]c1cccc(Nc2cc(Oc3c4c(nn3C3CCOCC3)CCC4)ccn2)c1. The molecule has 21 rings (SSSR count). The lowest BCUT2D eigenvalue weighted by Crippen LogP contribution is -2.39. The van der Waals surface area contributed by atoms with Crippen LogP contribution in [0.5, 0.6) is 34.9 Å². The molecule has 3 aromatic carbocycles. The first-order chi connectivity index (χ1) is 65.4. The first-order valence-corrected chi connectivity index (χ1v) is 46.9. The van der Waals surface area contributed by atoms with Crippen LogP contribution in [0.4, 0.5) is 38.8 Å². The van der Waals surface area contributed by atoms with E-state index < -0.39 is 11.8 Å². The van der Waals surface area contributed by atoms with Crippen LogP contribution in [0.15, 0.2) is 151 Å².